The molecule has 0 N–H and O–H groups in total. The van der Waals surface area contributed by atoms with Crippen molar-refractivity contribution in [2.45, 2.75) is 44.2 Å². The molecule has 1 aromatic carbocycles. The number of hydrogen-bond donors (Lipinski definition) is 0. The second-order valence-electron chi connectivity index (χ2n) is 5.58. The number of hydrogen-bond acceptors (Lipinski definition) is 5. The van der Waals surface area contributed by atoms with E-state index in [1.165, 1.54) is 10.5 Å². The molecule has 0 amide bonds. The number of rotatable bonds is 6. The molecule has 1 unspecified atom stereocenters. The maximum absolute atomic E-state index is 5.38. The monoisotopic (exact) mass is 305 g/mol. The van der Waals surface area contributed by atoms with Crippen molar-refractivity contribution in [1.29, 1.82) is 0 Å². The number of nitrogens with zero attached hydrogens (tertiary/aromatic N) is 3. The molecule has 0 saturated heterocycles. The highest BCUT2D eigenvalue weighted by Crippen LogP contribution is 2.22. The Labute approximate surface area is 130 Å². The predicted octanol–water partition coefficient (Wildman–Crippen LogP) is 4.11. The molecule has 2 aromatic rings. The van der Waals surface area contributed by atoms with Crippen LogP contribution in [0.5, 0.6) is 0 Å². The van der Waals surface area contributed by atoms with Crippen LogP contribution in [0.3, 0.4) is 0 Å². The number of aromatic nitrogens is 2. The zero-order valence-electron chi connectivity index (χ0n) is 13.3. The van der Waals surface area contributed by atoms with Crippen molar-refractivity contribution >= 4 is 11.8 Å². The van der Waals surface area contributed by atoms with E-state index in [9.17, 15) is 0 Å². The molecule has 1 heterocycles. The van der Waals surface area contributed by atoms with Crippen LogP contribution in [0.1, 0.15) is 50.0 Å². The standard InChI is InChI=1S/C16H23N3OS/c1-11(2)15-17-16(20-18-15)12(3)19(4)10-13-6-8-14(21-5)9-7-13/h6-9,11-12H,10H2,1-5H3. The minimum Gasteiger partial charge on any atom is -0.338 e. The molecular formula is C16H23N3OS. The summed E-state index contributed by atoms with van der Waals surface area (Å²) in [5.74, 6) is 1.75. The molecule has 5 heteroatoms. The zero-order chi connectivity index (χ0) is 15.4. The molecule has 114 valence electrons. The van der Waals surface area contributed by atoms with Gasteiger partial charge in [-0.1, -0.05) is 31.1 Å². The van der Waals surface area contributed by atoms with E-state index in [1.807, 2.05) is 0 Å². The van der Waals surface area contributed by atoms with Gasteiger partial charge in [0.15, 0.2) is 5.82 Å². The second-order valence-corrected chi connectivity index (χ2v) is 6.46. The Morgan fingerprint density at radius 2 is 1.86 bits per heavy atom. The van der Waals surface area contributed by atoms with Gasteiger partial charge in [-0.2, -0.15) is 4.98 Å². The summed E-state index contributed by atoms with van der Waals surface area (Å²) in [5.41, 5.74) is 1.28. The first-order valence-corrected chi connectivity index (χ1v) is 8.40. The minimum atomic E-state index is 0.102. The molecule has 1 atom stereocenters. The first-order valence-electron chi connectivity index (χ1n) is 7.18. The summed E-state index contributed by atoms with van der Waals surface area (Å²) in [5, 5.41) is 4.03. The molecule has 1 aromatic heterocycles. The Morgan fingerprint density at radius 1 is 1.19 bits per heavy atom. The number of benzene rings is 1. The highest BCUT2D eigenvalue weighted by atomic mass is 32.2. The molecule has 21 heavy (non-hydrogen) atoms. The summed E-state index contributed by atoms with van der Waals surface area (Å²) >= 11 is 1.76. The smallest absolute Gasteiger partial charge is 0.243 e. The highest BCUT2D eigenvalue weighted by Gasteiger charge is 2.19. The van der Waals surface area contributed by atoms with Crippen LogP contribution in [-0.2, 0) is 6.54 Å². The normalized spacial score (nSPS) is 13.1. The lowest BCUT2D eigenvalue weighted by Crippen LogP contribution is -2.22. The van der Waals surface area contributed by atoms with Crippen LogP contribution in [0.2, 0.25) is 0 Å². The van der Waals surface area contributed by atoms with Gasteiger partial charge in [0.2, 0.25) is 5.89 Å². The van der Waals surface area contributed by atoms with Crippen LogP contribution in [0, 0.1) is 0 Å². The van der Waals surface area contributed by atoms with Crippen molar-refractivity contribution in [3.05, 3.63) is 41.5 Å². The van der Waals surface area contributed by atoms with E-state index < -0.39 is 0 Å². The molecule has 0 aliphatic rings. The molecule has 0 bridgehead atoms. The Morgan fingerprint density at radius 3 is 2.38 bits per heavy atom. The fourth-order valence-electron chi connectivity index (χ4n) is 2.00. The molecule has 0 spiro atoms. The molecule has 0 radical (unpaired) electrons. The van der Waals surface area contributed by atoms with Crippen LogP contribution in [0.4, 0.5) is 0 Å². The maximum Gasteiger partial charge on any atom is 0.243 e. The van der Waals surface area contributed by atoms with E-state index in [-0.39, 0.29) is 6.04 Å². The van der Waals surface area contributed by atoms with Crippen LogP contribution in [-0.4, -0.2) is 28.3 Å². The summed E-state index contributed by atoms with van der Waals surface area (Å²) < 4.78 is 5.38. The Bertz CT molecular complexity index is 565. The van der Waals surface area contributed by atoms with Gasteiger partial charge in [0.1, 0.15) is 0 Å². The Hall–Kier alpha value is -1.33. The Balaban J connectivity index is 2.02. The zero-order valence-corrected chi connectivity index (χ0v) is 14.1. The van der Waals surface area contributed by atoms with E-state index in [1.54, 1.807) is 11.8 Å². The molecular weight excluding hydrogens is 282 g/mol. The second kappa shape index (κ2) is 7.09. The first-order chi connectivity index (χ1) is 10.0. The quantitative estimate of drug-likeness (QED) is 0.751. The van der Waals surface area contributed by atoms with E-state index in [2.05, 4.69) is 73.4 Å². The van der Waals surface area contributed by atoms with E-state index in [0.717, 1.165) is 12.4 Å². The predicted molar refractivity (Wildman–Crippen MR) is 86.5 cm³/mol. The van der Waals surface area contributed by atoms with Gasteiger partial charge in [-0.05, 0) is 37.9 Å². The van der Waals surface area contributed by atoms with Gasteiger partial charge < -0.3 is 4.52 Å². The Kier molecular flexibility index (Phi) is 5.42. The molecule has 0 fully saturated rings. The summed E-state index contributed by atoms with van der Waals surface area (Å²) in [6, 6.07) is 8.75. The summed E-state index contributed by atoms with van der Waals surface area (Å²) in [4.78, 5) is 7.98. The minimum absolute atomic E-state index is 0.102. The lowest BCUT2D eigenvalue weighted by atomic mass is 10.2. The molecule has 0 saturated carbocycles. The average molecular weight is 305 g/mol. The fraction of sp³-hybridized carbons (Fsp3) is 0.500. The maximum atomic E-state index is 5.38. The largest absolute Gasteiger partial charge is 0.338 e. The van der Waals surface area contributed by atoms with Crippen molar-refractivity contribution in [3.63, 3.8) is 0 Å². The summed E-state index contributed by atoms with van der Waals surface area (Å²) in [7, 11) is 2.08. The van der Waals surface area contributed by atoms with E-state index in [4.69, 9.17) is 4.52 Å². The van der Waals surface area contributed by atoms with Crippen LogP contribution >= 0.6 is 11.8 Å². The van der Waals surface area contributed by atoms with E-state index >= 15 is 0 Å². The van der Waals surface area contributed by atoms with E-state index in [0.29, 0.717) is 11.8 Å². The third-order valence-electron chi connectivity index (χ3n) is 3.58. The average Bonchev–Trinajstić information content (AvgIpc) is 2.97. The van der Waals surface area contributed by atoms with Crippen molar-refractivity contribution in [3.8, 4) is 0 Å². The van der Waals surface area contributed by atoms with Gasteiger partial charge in [-0.25, -0.2) is 0 Å². The lowest BCUT2D eigenvalue weighted by molar-refractivity contribution is 0.202. The fourth-order valence-corrected chi connectivity index (χ4v) is 2.40. The van der Waals surface area contributed by atoms with Gasteiger partial charge >= 0.3 is 0 Å². The van der Waals surface area contributed by atoms with Crippen molar-refractivity contribution in [1.82, 2.24) is 15.0 Å². The molecule has 4 nitrogen and oxygen atoms in total. The van der Waals surface area contributed by atoms with Crippen LogP contribution in [0.15, 0.2) is 33.7 Å². The van der Waals surface area contributed by atoms with Gasteiger partial charge in [0.05, 0.1) is 6.04 Å². The summed E-state index contributed by atoms with van der Waals surface area (Å²) in [6.45, 7) is 7.08. The first kappa shape index (κ1) is 16.0. The van der Waals surface area contributed by atoms with Gasteiger partial charge in [-0.15, -0.1) is 11.8 Å². The van der Waals surface area contributed by atoms with Crippen molar-refractivity contribution in [2.75, 3.05) is 13.3 Å². The van der Waals surface area contributed by atoms with Crippen molar-refractivity contribution in [2.24, 2.45) is 0 Å². The molecule has 0 aliphatic heterocycles. The summed E-state index contributed by atoms with van der Waals surface area (Å²) in [6.07, 6.45) is 2.09. The number of thioether (sulfide) groups is 1. The van der Waals surface area contributed by atoms with Crippen molar-refractivity contribution < 1.29 is 4.52 Å². The molecule has 0 aliphatic carbocycles. The third kappa shape index (κ3) is 4.08. The van der Waals surface area contributed by atoms with Gasteiger partial charge in [0.25, 0.3) is 0 Å². The van der Waals surface area contributed by atoms with Crippen LogP contribution in [0.25, 0.3) is 0 Å². The topological polar surface area (TPSA) is 42.2 Å². The highest BCUT2D eigenvalue weighted by molar-refractivity contribution is 7.98. The third-order valence-corrected chi connectivity index (χ3v) is 4.33. The van der Waals surface area contributed by atoms with Gasteiger partial charge in [0, 0.05) is 17.4 Å². The van der Waals surface area contributed by atoms with Gasteiger partial charge in [-0.3, -0.25) is 4.90 Å². The SMILES string of the molecule is CSc1ccc(CN(C)C(C)c2nc(C(C)C)no2)cc1. The molecule has 2 rings (SSSR count). The lowest BCUT2D eigenvalue weighted by Gasteiger charge is -2.21. The van der Waals surface area contributed by atoms with Crippen LogP contribution < -0.4 is 0 Å².